The number of aromatic nitrogens is 1. The largest absolute Gasteiger partial charge is 0.378 e. The van der Waals surface area contributed by atoms with Crippen LogP contribution in [-0.2, 0) is 9.53 Å². The zero-order valence-corrected chi connectivity index (χ0v) is 11.1. The molecule has 1 aliphatic heterocycles. The van der Waals surface area contributed by atoms with Crippen molar-refractivity contribution in [3.05, 3.63) is 21.9 Å². The Morgan fingerprint density at radius 2 is 2.44 bits per heavy atom. The topological polar surface area (TPSA) is 51.2 Å². The fraction of sp³-hybridized carbons (Fsp3) is 0.455. The lowest BCUT2D eigenvalue weighted by atomic mass is 10.0. The molecule has 2 rings (SSSR count). The second-order valence-electron chi connectivity index (χ2n) is 3.82. The molecule has 1 aromatic rings. The molecule has 0 saturated carbocycles. The van der Waals surface area contributed by atoms with Crippen LogP contribution < -0.4 is 5.32 Å². The van der Waals surface area contributed by atoms with E-state index in [4.69, 9.17) is 4.74 Å². The minimum atomic E-state index is -0.0546. The lowest BCUT2D eigenvalue weighted by Crippen LogP contribution is -2.28. The molecule has 1 aliphatic rings. The first-order valence-electron chi connectivity index (χ1n) is 5.21. The molecule has 4 nitrogen and oxygen atoms in total. The first-order chi connectivity index (χ1) is 7.66. The number of hydrogen-bond donors (Lipinski definition) is 1. The highest BCUT2D eigenvalue weighted by Crippen LogP contribution is 2.21. The molecule has 2 heterocycles. The van der Waals surface area contributed by atoms with Crippen LogP contribution in [0, 0.1) is 9.49 Å². The molecule has 5 heteroatoms. The van der Waals surface area contributed by atoms with Crippen molar-refractivity contribution in [2.75, 3.05) is 11.9 Å². The van der Waals surface area contributed by atoms with Gasteiger partial charge in [-0.1, -0.05) is 0 Å². The molecule has 1 N–H and O–H groups in total. The minimum Gasteiger partial charge on any atom is -0.378 e. The number of nitrogens with one attached hydrogen (secondary N) is 1. The van der Waals surface area contributed by atoms with E-state index >= 15 is 0 Å². The molecule has 2 atom stereocenters. The maximum absolute atomic E-state index is 11.9. The van der Waals surface area contributed by atoms with E-state index in [-0.39, 0.29) is 17.9 Å². The predicted molar refractivity (Wildman–Crippen MR) is 69.1 cm³/mol. The molecule has 0 bridgehead atoms. The van der Waals surface area contributed by atoms with Crippen LogP contribution in [0.15, 0.2) is 18.3 Å². The van der Waals surface area contributed by atoms with Gasteiger partial charge in [-0.25, -0.2) is 4.98 Å². The average Bonchev–Trinajstić information content (AvgIpc) is 2.68. The van der Waals surface area contributed by atoms with Crippen molar-refractivity contribution >= 4 is 34.3 Å². The lowest BCUT2D eigenvalue weighted by molar-refractivity contribution is -0.121. The van der Waals surface area contributed by atoms with E-state index in [1.54, 1.807) is 12.3 Å². The number of anilines is 1. The molecule has 1 saturated heterocycles. The van der Waals surface area contributed by atoms with Gasteiger partial charge < -0.3 is 10.1 Å². The van der Waals surface area contributed by atoms with Crippen molar-refractivity contribution in [3.63, 3.8) is 0 Å². The van der Waals surface area contributed by atoms with Crippen LogP contribution in [-0.4, -0.2) is 23.6 Å². The minimum absolute atomic E-state index is 0.00120. The van der Waals surface area contributed by atoms with Crippen molar-refractivity contribution in [3.8, 4) is 0 Å². The number of ether oxygens (including phenoxy) is 1. The Morgan fingerprint density at radius 1 is 1.62 bits per heavy atom. The van der Waals surface area contributed by atoms with Gasteiger partial charge in [-0.15, -0.1) is 0 Å². The number of rotatable bonds is 2. The second kappa shape index (κ2) is 5.09. The lowest BCUT2D eigenvalue weighted by Gasteiger charge is -2.13. The normalized spacial score (nSPS) is 24.4. The van der Waals surface area contributed by atoms with Gasteiger partial charge in [0.1, 0.15) is 5.82 Å². The second-order valence-corrected chi connectivity index (χ2v) is 5.07. The number of amides is 1. The first kappa shape index (κ1) is 11.8. The number of pyridine rings is 1. The van der Waals surface area contributed by atoms with Crippen molar-refractivity contribution in [2.45, 2.75) is 19.4 Å². The highest BCUT2D eigenvalue weighted by atomic mass is 127. The zero-order valence-electron chi connectivity index (χ0n) is 8.94. The van der Waals surface area contributed by atoms with Gasteiger partial charge in [0, 0.05) is 16.4 Å². The van der Waals surface area contributed by atoms with E-state index in [1.165, 1.54) is 0 Å². The Hall–Kier alpha value is -0.690. The first-order valence-corrected chi connectivity index (χ1v) is 6.29. The van der Waals surface area contributed by atoms with Crippen LogP contribution in [0.5, 0.6) is 0 Å². The van der Waals surface area contributed by atoms with Gasteiger partial charge in [0.05, 0.1) is 12.0 Å². The van der Waals surface area contributed by atoms with Gasteiger partial charge in [-0.3, -0.25) is 4.79 Å². The van der Waals surface area contributed by atoms with Crippen molar-refractivity contribution in [1.29, 1.82) is 0 Å². The quantitative estimate of drug-likeness (QED) is 0.844. The van der Waals surface area contributed by atoms with Gasteiger partial charge in [0.15, 0.2) is 0 Å². The van der Waals surface area contributed by atoms with Gasteiger partial charge in [0.2, 0.25) is 5.91 Å². The van der Waals surface area contributed by atoms with Gasteiger partial charge >= 0.3 is 0 Å². The maximum atomic E-state index is 11.9. The molecule has 16 heavy (non-hydrogen) atoms. The van der Waals surface area contributed by atoms with Crippen LogP contribution in [0.25, 0.3) is 0 Å². The Labute approximate surface area is 108 Å². The molecule has 0 radical (unpaired) electrons. The molecule has 0 aromatic carbocycles. The molecule has 2 unspecified atom stereocenters. The Kier molecular flexibility index (Phi) is 3.75. The maximum Gasteiger partial charge on any atom is 0.231 e. The molecular weight excluding hydrogens is 319 g/mol. The van der Waals surface area contributed by atoms with E-state index in [2.05, 4.69) is 32.9 Å². The summed E-state index contributed by atoms with van der Waals surface area (Å²) >= 11 is 2.18. The van der Waals surface area contributed by atoms with E-state index in [1.807, 2.05) is 13.0 Å². The van der Waals surface area contributed by atoms with Crippen molar-refractivity contribution in [2.24, 2.45) is 5.92 Å². The third-order valence-corrected chi connectivity index (χ3v) is 3.33. The molecular formula is C11H13IN2O2. The number of nitrogens with zero attached hydrogens (tertiary/aromatic N) is 1. The SMILES string of the molecule is CC1OCCC1C(=O)Nc1ccc(I)cn1. The van der Waals surface area contributed by atoms with Crippen LogP contribution in [0.2, 0.25) is 0 Å². The van der Waals surface area contributed by atoms with Crippen LogP contribution >= 0.6 is 22.6 Å². The van der Waals surface area contributed by atoms with E-state index in [0.29, 0.717) is 12.4 Å². The van der Waals surface area contributed by atoms with Crippen LogP contribution in [0.3, 0.4) is 0 Å². The molecule has 1 fully saturated rings. The highest BCUT2D eigenvalue weighted by molar-refractivity contribution is 14.1. The Morgan fingerprint density at radius 3 is 3.00 bits per heavy atom. The Bertz CT molecular complexity index is 380. The smallest absolute Gasteiger partial charge is 0.231 e. The number of hydrogen-bond acceptors (Lipinski definition) is 3. The third-order valence-electron chi connectivity index (χ3n) is 2.69. The number of halogens is 1. The monoisotopic (exact) mass is 332 g/mol. The summed E-state index contributed by atoms with van der Waals surface area (Å²) in [6, 6.07) is 3.72. The number of carbonyl (C=O) groups excluding carboxylic acids is 1. The van der Waals surface area contributed by atoms with Crippen LogP contribution in [0.4, 0.5) is 5.82 Å². The Balaban J connectivity index is 1.99. The summed E-state index contributed by atoms with van der Waals surface area (Å²) in [5.41, 5.74) is 0. The summed E-state index contributed by atoms with van der Waals surface area (Å²) in [6.45, 7) is 2.60. The summed E-state index contributed by atoms with van der Waals surface area (Å²) in [4.78, 5) is 16.0. The fourth-order valence-corrected chi connectivity index (χ4v) is 2.06. The zero-order chi connectivity index (χ0) is 11.5. The molecule has 86 valence electrons. The van der Waals surface area contributed by atoms with Crippen molar-refractivity contribution in [1.82, 2.24) is 4.98 Å². The van der Waals surface area contributed by atoms with Gasteiger partial charge in [-0.2, -0.15) is 0 Å². The summed E-state index contributed by atoms with van der Waals surface area (Å²) in [5, 5.41) is 2.81. The van der Waals surface area contributed by atoms with E-state index in [0.717, 1.165) is 9.99 Å². The fourth-order valence-electron chi connectivity index (χ4n) is 1.74. The summed E-state index contributed by atoms with van der Waals surface area (Å²) in [7, 11) is 0. The van der Waals surface area contributed by atoms with E-state index in [9.17, 15) is 4.79 Å². The van der Waals surface area contributed by atoms with Crippen molar-refractivity contribution < 1.29 is 9.53 Å². The van der Waals surface area contributed by atoms with Gasteiger partial charge in [0.25, 0.3) is 0 Å². The third kappa shape index (κ3) is 2.70. The summed E-state index contributed by atoms with van der Waals surface area (Å²) in [5.74, 6) is 0.546. The standard InChI is InChI=1S/C11H13IN2O2/c1-7-9(4-5-16-7)11(15)14-10-3-2-8(12)6-13-10/h2-3,6-7,9H,4-5H2,1H3,(H,13,14,15). The molecule has 1 amide bonds. The highest BCUT2D eigenvalue weighted by Gasteiger charge is 2.30. The van der Waals surface area contributed by atoms with Crippen LogP contribution in [0.1, 0.15) is 13.3 Å². The average molecular weight is 332 g/mol. The summed E-state index contributed by atoms with van der Waals surface area (Å²) < 4.78 is 6.41. The van der Waals surface area contributed by atoms with E-state index < -0.39 is 0 Å². The molecule has 0 aliphatic carbocycles. The molecule has 0 spiro atoms. The number of carbonyl (C=O) groups is 1. The molecule has 1 aromatic heterocycles. The predicted octanol–water partition coefficient (Wildman–Crippen LogP) is 2.05. The summed E-state index contributed by atoms with van der Waals surface area (Å²) in [6.07, 6.45) is 2.52. The van der Waals surface area contributed by atoms with Gasteiger partial charge in [-0.05, 0) is 48.1 Å².